The molecule has 2 amide bonds. The van der Waals surface area contributed by atoms with E-state index in [4.69, 9.17) is 11.6 Å². The van der Waals surface area contributed by atoms with Crippen molar-refractivity contribution in [2.45, 2.75) is 19.8 Å². The highest BCUT2D eigenvalue weighted by atomic mass is 35.5. The molecule has 1 N–H and O–H groups in total. The lowest BCUT2D eigenvalue weighted by Crippen LogP contribution is -2.51. The van der Waals surface area contributed by atoms with E-state index in [-0.39, 0.29) is 29.6 Å². The van der Waals surface area contributed by atoms with Crippen molar-refractivity contribution in [2.24, 2.45) is 17.8 Å². The molecule has 5 heteroatoms. The molecule has 0 unspecified atom stereocenters. The van der Waals surface area contributed by atoms with E-state index in [1.54, 1.807) is 6.07 Å². The number of carbonyl (C=O) groups excluding carboxylic acids is 2. The fraction of sp³-hybridized carbons (Fsp3) is 0.304. The lowest BCUT2D eigenvalue weighted by Gasteiger charge is -2.41. The Labute approximate surface area is 170 Å². The van der Waals surface area contributed by atoms with Crippen molar-refractivity contribution < 1.29 is 9.59 Å². The maximum atomic E-state index is 13.3. The smallest absolute Gasteiger partial charge is 0.231 e. The van der Waals surface area contributed by atoms with Gasteiger partial charge >= 0.3 is 0 Å². The number of anilines is 2. The first-order valence-electron chi connectivity index (χ1n) is 9.64. The Morgan fingerprint density at radius 2 is 1.96 bits per heavy atom. The van der Waals surface area contributed by atoms with E-state index in [9.17, 15) is 9.59 Å². The number of carbonyl (C=O) groups is 2. The van der Waals surface area contributed by atoms with Gasteiger partial charge in [-0.1, -0.05) is 48.0 Å². The number of aryl methyl sites for hydroxylation is 1. The topological polar surface area (TPSA) is 49.4 Å². The third-order valence-electron chi connectivity index (χ3n) is 5.75. The van der Waals surface area contributed by atoms with Crippen molar-refractivity contribution in [3.63, 3.8) is 0 Å². The second-order valence-corrected chi connectivity index (χ2v) is 7.93. The van der Waals surface area contributed by atoms with Gasteiger partial charge < -0.3 is 10.2 Å². The Balaban J connectivity index is 1.56. The zero-order valence-electron chi connectivity index (χ0n) is 15.8. The van der Waals surface area contributed by atoms with Gasteiger partial charge in [-0.3, -0.25) is 9.59 Å². The summed E-state index contributed by atoms with van der Waals surface area (Å²) in [6.07, 6.45) is 5.58. The molecule has 1 saturated heterocycles. The first-order valence-corrected chi connectivity index (χ1v) is 10.0. The van der Waals surface area contributed by atoms with Gasteiger partial charge in [0, 0.05) is 22.9 Å². The van der Waals surface area contributed by atoms with Gasteiger partial charge in [0.2, 0.25) is 11.8 Å². The van der Waals surface area contributed by atoms with Gasteiger partial charge in [-0.05, 0) is 55.5 Å². The fourth-order valence-electron chi connectivity index (χ4n) is 4.20. The molecule has 3 atom stereocenters. The zero-order chi connectivity index (χ0) is 19.7. The Morgan fingerprint density at radius 3 is 2.71 bits per heavy atom. The number of rotatable bonds is 3. The highest BCUT2D eigenvalue weighted by Gasteiger charge is 2.44. The summed E-state index contributed by atoms with van der Waals surface area (Å²) in [5.41, 5.74) is 2.51. The molecule has 1 fully saturated rings. The molecule has 0 saturated carbocycles. The maximum absolute atomic E-state index is 13.3. The average Bonchev–Trinajstić information content (AvgIpc) is 2.71. The van der Waals surface area contributed by atoms with Crippen molar-refractivity contribution in [2.75, 3.05) is 16.8 Å². The highest BCUT2D eigenvalue weighted by Crippen LogP contribution is 2.39. The third-order valence-corrected chi connectivity index (χ3v) is 6.16. The van der Waals surface area contributed by atoms with E-state index in [0.29, 0.717) is 23.7 Å². The molecule has 1 aliphatic carbocycles. The predicted octanol–water partition coefficient (Wildman–Crippen LogP) is 4.83. The summed E-state index contributed by atoms with van der Waals surface area (Å²) in [5, 5.41) is 3.57. The molecule has 4 rings (SSSR count). The molecular formula is C23H23ClN2O2. The van der Waals surface area contributed by atoms with Crippen LogP contribution in [0.25, 0.3) is 0 Å². The van der Waals surface area contributed by atoms with Crippen molar-refractivity contribution in [1.29, 1.82) is 0 Å². The monoisotopic (exact) mass is 394 g/mol. The molecule has 28 heavy (non-hydrogen) atoms. The van der Waals surface area contributed by atoms with Gasteiger partial charge in [0.15, 0.2) is 0 Å². The maximum Gasteiger partial charge on any atom is 0.231 e. The number of allylic oxidation sites excluding steroid dienone is 2. The highest BCUT2D eigenvalue weighted by molar-refractivity contribution is 6.31. The molecule has 2 aromatic carbocycles. The van der Waals surface area contributed by atoms with E-state index in [1.807, 2.05) is 60.4 Å². The van der Waals surface area contributed by atoms with Crippen LogP contribution in [0, 0.1) is 24.7 Å². The van der Waals surface area contributed by atoms with E-state index in [1.165, 1.54) is 0 Å². The number of benzene rings is 2. The van der Waals surface area contributed by atoms with Gasteiger partial charge in [-0.15, -0.1) is 0 Å². The standard InChI is InChI=1S/C23H23ClN2O2/c1-15-10-11-17(14-20(15)24)25-22(27)19-9-5-6-16-12-13-26(23(28)21(16)19)18-7-3-2-4-8-18/h2-8,10-11,14,16,19,21H,9,12-13H2,1H3,(H,25,27)/t16-,19-,21+/m0/s1. The van der Waals surface area contributed by atoms with Crippen molar-refractivity contribution >= 4 is 34.8 Å². The summed E-state index contributed by atoms with van der Waals surface area (Å²) in [7, 11) is 0. The molecule has 2 aliphatic rings. The molecule has 144 valence electrons. The van der Waals surface area contributed by atoms with Crippen LogP contribution in [-0.4, -0.2) is 18.4 Å². The van der Waals surface area contributed by atoms with Crippen LogP contribution in [-0.2, 0) is 9.59 Å². The minimum atomic E-state index is -0.380. The number of fused-ring (bicyclic) bond motifs is 1. The summed E-state index contributed by atoms with van der Waals surface area (Å²) < 4.78 is 0. The van der Waals surface area contributed by atoms with Crippen LogP contribution < -0.4 is 10.2 Å². The second kappa shape index (κ2) is 7.80. The zero-order valence-corrected chi connectivity index (χ0v) is 16.5. The molecule has 2 aromatic rings. The first-order chi connectivity index (χ1) is 13.5. The number of nitrogens with zero attached hydrogens (tertiary/aromatic N) is 1. The minimum absolute atomic E-state index is 0.0360. The lowest BCUT2D eigenvalue weighted by molar-refractivity contribution is -0.133. The van der Waals surface area contributed by atoms with Gasteiger partial charge in [0.1, 0.15) is 0 Å². The Morgan fingerprint density at radius 1 is 1.18 bits per heavy atom. The summed E-state index contributed by atoms with van der Waals surface area (Å²) in [4.78, 5) is 28.2. The SMILES string of the molecule is Cc1ccc(NC(=O)[C@H]2CC=C[C@H]3CCN(c4ccccc4)C(=O)[C@@H]23)cc1Cl. The molecule has 0 aromatic heterocycles. The predicted molar refractivity (Wildman–Crippen MR) is 112 cm³/mol. The molecule has 1 heterocycles. The van der Waals surface area contributed by atoms with Crippen molar-refractivity contribution in [3.05, 3.63) is 71.3 Å². The molecule has 4 nitrogen and oxygen atoms in total. The molecule has 0 radical (unpaired) electrons. The van der Waals surface area contributed by atoms with Gasteiger partial charge in [-0.25, -0.2) is 0 Å². The Hall–Kier alpha value is -2.59. The summed E-state index contributed by atoms with van der Waals surface area (Å²) in [6.45, 7) is 2.60. The Kier molecular flexibility index (Phi) is 5.23. The number of para-hydroxylation sites is 1. The summed E-state index contributed by atoms with van der Waals surface area (Å²) in [6, 6.07) is 15.2. The van der Waals surface area contributed by atoms with Crippen molar-refractivity contribution in [3.8, 4) is 0 Å². The average molecular weight is 395 g/mol. The van der Waals surface area contributed by atoms with Gasteiger partial charge in [0.05, 0.1) is 11.8 Å². The number of halogens is 1. The van der Waals surface area contributed by atoms with Crippen molar-refractivity contribution in [1.82, 2.24) is 0 Å². The number of hydrogen-bond donors (Lipinski definition) is 1. The third kappa shape index (κ3) is 3.57. The van der Waals surface area contributed by atoms with E-state index >= 15 is 0 Å². The normalized spacial score (nSPS) is 24.0. The number of amides is 2. The molecule has 0 bridgehead atoms. The van der Waals surface area contributed by atoms with Crippen LogP contribution >= 0.6 is 11.6 Å². The second-order valence-electron chi connectivity index (χ2n) is 7.53. The van der Waals surface area contributed by atoms with E-state index in [0.717, 1.165) is 17.7 Å². The van der Waals surface area contributed by atoms with Crippen LogP contribution in [0.5, 0.6) is 0 Å². The quantitative estimate of drug-likeness (QED) is 0.758. The fourth-order valence-corrected chi connectivity index (χ4v) is 4.38. The van der Waals surface area contributed by atoms with Crippen LogP contribution in [0.1, 0.15) is 18.4 Å². The number of piperidine rings is 1. The van der Waals surface area contributed by atoms with Crippen LogP contribution in [0.15, 0.2) is 60.7 Å². The van der Waals surface area contributed by atoms with E-state index in [2.05, 4.69) is 11.4 Å². The first kappa shape index (κ1) is 18.8. The minimum Gasteiger partial charge on any atom is -0.326 e. The van der Waals surface area contributed by atoms with E-state index < -0.39 is 0 Å². The van der Waals surface area contributed by atoms with Crippen LogP contribution in [0.4, 0.5) is 11.4 Å². The van der Waals surface area contributed by atoms with Crippen LogP contribution in [0.3, 0.4) is 0 Å². The molecule has 0 spiro atoms. The molecular weight excluding hydrogens is 372 g/mol. The van der Waals surface area contributed by atoms with Crippen LogP contribution in [0.2, 0.25) is 5.02 Å². The Bertz CT molecular complexity index is 925. The largest absolute Gasteiger partial charge is 0.326 e. The van der Waals surface area contributed by atoms with Gasteiger partial charge in [-0.2, -0.15) is 0 Å². The number of nitrogens with one attached hydrogen (secondary N) is 1. The summed E-state index contributed by atoms with van der Waals surface area (Å²) in [5.74, 6) is -0.691. The van der Waals surface area contributed by atoms with Gasteiger partial charge in [0.25, 0.3) is 0 Å². The number of hydrogen-bond acceptors (Lipinski definition) is 2. The summed E-state index contributed by atoms with van der Waals surface area (Å²) >= 11 is 6.18. The molecule has 1 aliphatic heterocycles. The lowest BCUT2D eigenvalue weighted by atomic mass is 9.71.